The summed E-state index contributed by atoms with van der Waals surface area (Å²) < 4.78 is 1.04. The Kier molecular flexibility index (Phi) is 5.95. The third-order valence-electron chi connectivity index (χ3n) is 4.40. The lowest BCUT2D eigenvalue weighted by atomic mass is 10.1. The van der Waals surface area contributed by atoms with Gasteiger partial charge in [0.05, 0.1) is 22.8 Å². The zero-order valence-electron chi connectivity index (χ0n) is 15.7. The van der Waals surface area contributed by atoms with Crippen LogP contribution in [0.25, 0.3) is 0 Å². The van der Waals surface area contributed by atoms with Crippen molar-refractivity contribution < 1.29 is 15.0 Å². The number of carboxylic acids is 1. The molecule has 0 saturated heterocycles. The summed E-state index contributed by atoms with van der Waals surface area (Å²) in [5.41, 5.74) is 0.0549. The number of carboxylic acid groups (broad SMARTS) is 1. The molecule has 30 heavy (non-hydrogen) atoms. The first-order valence-corrected chi connectivity index (χ1v) is 9.06. The molecule has 0 bridgehead atoms. The summed E-state index contributed by atoms with van der Waals surface area (Å²) in [4.78, 5) is 24.2. The average Bonchev–Trinajstić information content (AvgIpc) is 2.73. The highest BCUT2D eigenvalue weighted by Gasteiger charge is 2.19. The van der Waals surface area contributed by atoms with Gasteiger partial charge in [0, 0.05) is 5.56 Å². The van der Waals surface area contributed by atoms with Crippen LogP contribution in [0, 0.1) is 18.3 Å². The number of benzene rings is 2. The molecular formula is C21H15ClN4O4. The van der Waals surface area contributed by atoms with E-state index >= 15 is 0 Å². The third kappa shape index (κ3) is 4.06. The summed E-state index contributed by atoms with van der Waals surface area (Å²) in [5.74, 6) is -1.68. The lowest BCUT2D eigenvalue weighted by Gasteiger charge is -2.13. The maximum atomic E-state index is 13.0. The van der Waals surface area contributed by atoms with Gasteiger partial charge in [-0.1, -0.05) is 41.9 Å². The van der Waals surface area contributed by atoms with Crippen molar-refractivity contribution >= 4 is 28.9 Å². The van der Waals surface area contributed by atoms with Crippen molar-refractivity contribution in [2.75, 3.05) is 0 Å². The molecule has 0 spiro atoms. The normalized spacial score (nSPS) is 10.8. The van der Waals surface area contributed by atoms with Gasteiger partial charge in [0.2, 0.25) is 5.88 Å². The Morgan fingerprint density at radius 2 is 1.90 bits per heavy atom. The van der Waals surface area contributed by atoms with Crippen LogP contribution in [0.15, 0.2) is 63.6 Å². The average molecular weight is 423 g/mol. The van der Waals surface area contributed by atoms with E-state index in [9.17, 15) is 20.0 Å². The van der Waals surface area contributed by atoms with Crippen LogP contribution in [0.2, 0.25) is 5.02 Å². The summed E-state index contributed by atoms with van der Waals surface area (Å²) >= 11 is 5.84. The summed E-state index contributed by atoms with van der Waals surface area (Å²) in [6.07, 6.45) is 0. The number of azo groups is 1. The van der Waals surface area contributed by atoms with Crippen molar-refractivity contribution in [2.24, 2.45) is 10.2 Å². The molecule has 8 nitrogen and oxygen atoms in total. The standard InChI is InChI=1S/C21H15ClN4O4/c1-12-16(10-23)19(27)26(11-13-5-3-2-4-6-13)20(28)18(12)25-24-14-7-8-17(22)15(9-14)21(29)30/h2-9,27H,11H2,1H3,(H,29,30). The minimum Gasteiger partial charge on any atom is -0.493 e. The monoisotopic (exact) mass is 422 g/mol. The molecule has 1 heterocycles. The predicted molar refractivity (Wildman–Crippen MR) is 110 cm³/mol. The van der Waals surface area contributed by atoms with Gasteiger partial charge in [0.15, 0.2) is 5.69 Å². The highest BCUT2D eigenvalue weighted by atomic mass is 35.5. The van der Waals surface area contributed by atoms with Crippen LogP contribution in [-0.4, -0.2) is 20.7 Å². The zero-order chi connectivity index (χ0) is 21.8. The van der Waals surface area contributed by atoms with Gasteiger partial charge in [0.1, 0.15) is 11.6 Å². The number of hydrogen-bond donors (Lipinski definition) is 2. The van der Waals surface area contributed by atoms with Crippen molar-refractivity contribution in [1.82, 2.24) is 4.57 Å². The largest absolute Gasteiger partial charge is 0.493 e. The maximum Gasteiger partial charge on any atom is 0.337 e. The van der Waals surface area contributed by atoms with Gasteiger partial charge in [-0.3, -0.25) is 9.36 Å². The predicted octanol–water partition coefficient (Wildman–Crippen LogP) is 4.55. The molecule has 9 heteroatoms. The minimum absolute atomic E-state index is 0.0348. The fraction of sp³-hybridized carbons (Fsp3) is 0.0952. The van der Waals surface area contributed by atoms with E-state index in [4.69, 9.17) is 16.7 Å². The van der Waals surface area contributed by atoms with Crippen LogP contribution in [0.1, 0.15) is 27.0 Å². The number of rotatable bonds is 5. The molecule has 0 atom stereocenters. The van der Waals surface area contributed by atoms with Crippen LogP contribution in [-0.2, 0) is 6.54 Å². The second-order valence-electron chi connectivity index (χ2n) is 6.33. The Labute approximate surface area is 175 Å². The molecule has 150 valence electrons. The highest BCUT2D eigenvalue weighted by Crippen LogP contribution is 2.28. The topological polar surface area (TPSA) is 128 Å². The van der Waals surface area contributed by atoms with E-state index in [1.54, 1.807) is 24.3 Å². The first kappa shape index (κ1) is 20.8. The van der Waals surface area contributed by atoms with E-state index in [0.717, 1.165) is 10.1 Å². The zero-order valence-corrected chi connectivity index (χ0v) is 16.5. The molecule has 0 aliphatic rings. The first-order chi connectivity index (χ1) is 14.3. The molecule has 0 saturated carbocycles. The van der Waals surface area contributed by atoms with Crippen LogP contribution in [0.4, 0.5) is 11.4 Å². The lowest BCUT2D eigenvalue weighted by Crippen LogP contribution is -2.22. The summed E-state index contributed by atoms with van der Waals surface area (Å²) in [7, 11) is 0. The molecule has 1 aromatic heterocycles. The van der Waals surface area contributed by atoms with Crippen molar-refractivity contribution in [3.8, 4) is 11.9 Å². The molecule has 0 aliphatic carbocycles. The fourth-order valence-electron chi connectivity index (χ4n) is 2.82. The number of pyridine rings is 1. The molecule has 2 aromatic carbocycles. The second kappa shape index (κ2) is 8.59. The molecule has 3 aromatic rings. The van der Waals surface area contributed by atoms with E-state index in [1.807, 2.05) is 12.1 Å². The van der Waals surface area contributed by atoms with Crippen molar-refractivity contribution in [1.29, 1.82) is 5.26 Å². The Morgan fingerprint density at radius 3 is 2.53 bits per heavy atom. The van der Waals surface area contributed by atoms with E-state index < -0.39 is 17.4 Å². The molecule has 0 fully saturated rings. The smallest absolute Gasteiger partial charge is 0.337 e. The van der Waals surface area contributed by atoms with Gasteiger partial charge in [0.25, 0.3) is 5.56 Å². The molecule has 0 aliphatic heterocycles. The second-order valence-corrected chi connectivity index (χ2v) is 6.74. The van der Waals surface area contributed by atoms with E-state index in [0.29, 0.717) is 0 Å². The molecule has 0 unspecified atom stereocenters. The number of hydrogen-bond acceptors (Lipinski definition) is 6. The van der Waals surface area contributed by atoms with Crippen LogP contribution >= 0.6 is 11.6 Å². The lowest BCUT2D eigenvalue weighted by molar-refractivity contribution is 0.0697. The van der Waals surface area contributed by atoms with Gasteiger partial charge in [-0.25, -0.2) is 4.79 Å². The van der Waals surface area contributed by atoms with Crippen molar-refractivity contribution in [3.63, 3.8) is 0 Å². The van der Waals surface area contributed by atoms with Crippen molar-refractivity contribution in [2.45, 2.75) is 13.5 Å². The molecule has 0 radical (unpaired) electrons. The Hall–Kier alpha value is -3.96. The quantitative estimate of drug-likeness (QED) is 0.583. The SMILES string of the molecule is Cc1c(C#N)c(O)n(Cc2ccccc2)c(=O)c1N=Nc1ccc(Cl)c(C(=O)O)c1. The third-order valence-corrected chi connectivity index (χ3v) is 4.73. The summed E-state index contributed by atoms with van der Waals surface area (Å²) in [6.45, 7) is 1.51. The van der Waals surface area contributed by atoms with Gasteiger partial charge >= 0.3 is 5.97 Å². The summed E-state index contributed by atoms with van der Waals surface area (Å²) in [6, 6.07) is 14.9. The molecule has 0 amide bonds. The van der Waals surface area contributed by atoms with Crippen LogP contribution in [0.3, 0.4) is 0 Å². The fourth-order valence-corrected chi connectivity index (χ4v) is 3.02. The Bertz CT molecular complexity index is 1260. The van der Waals surface area contributed by atoms with Gasteiger partial charge in [-0.05, 0) is 30.7 Å². The first-order valence-electron chi connectivity index (χ1n) is 8.68. The van der Waals surface area contributed by atoms with Gasteiger partial charge in [-0.2, -0.15) is 10.4 Å². The summed E-state index contributed by atoms with van der Waals surface area (Å²) in [5, 5.41) is 37.0. The number of aromatic carboxylic acids is 1. The van der Waals surface area contributed by atoms with Crippen molar-refractivity contribution in [3.05, 3.63) is 86.2 Å². The number of carbonyl (C=O) groups is 1. The van der Waals surface area contributed by atoms with E-state index in [1.165, 1.54) is 25.1 Å². The molecular weight excluding hydrogens is 408 g/mol. The van der Waals surface area contributed by atoms with E-state index in [2.05, 4.69) is 10.2 Å². The number of nitrogens with zero attached hydrogens (tertiary/aromatic N) is 4. The number of nitriles is 1. The van der Waals surface area contributed by atoms with Crippen LogP contribution < -0.4 is 5.56 Å². The minimum atomic E-state index is -1.23. The van der Waals surface area contributed by atoms with E-state index in [-0.39, 0.29) is 39.6 Å². The Balaban J connectivity index is 2.11. The maximum absolute atomic E-state index is 13.0. The Morgan fingerprint density at radius 1 is 1.20 bits per heavy atom. The number of halogens is 1. The highest BCUT2D eigenvalue weighted by molar-refractivity contribution is 6.33. The number of aromatic hydroxyl groups is 1. The molecule has 3 rings (SSSR count). The van der Waals surface area contributed by atoms with Gasteiger partial charge in [-0.15, -0.1) is 5.11 Å². The number of aromatic nitrogens is 1. The van der Waals surface area contributed by atoms with Crippen LogP contribution in [0.5, 0.6) is 5.88 Å². The molecule has 2 N–H and O–H groups in total. The van der Waals surface area contributed by atoms with Gasteiger partial charge < -0.3 is 10.2 Å².